The average molecular weight is 463 g/mol. The molecule has 0 spiro atoms. The Morgan fingerprint density at radius 1 is 1.06 bits per heavy atom. The van der Waals surface area contributed by atoms with Gasteiger partial charge < -0.3 is 10.1 Å². The van der Waals surface area contributed by atoms with Gasteiger partial charge in [-0.3, -0.25) is 15.1 Å². The predicted molar refractivity (Wildman–Crippen MR) is 133 cm³/mol. The fraction of sp³-hybridized carbons (Fsp3) is 0.407. The zero-order valence-corrected chi connectivity index (χ0v) is 20.4. The van der Waals surface area contributed by atoms with Gasteiger partial charge in [-0.05, 0) is 37.2 Å². The number of carbonyl (C=O) groups excluding carboxylic acids is 2. The second kappa shape index (κ2) is 13.1. The van der Waals surface area contributed by atoms with E-state index in [-0.39, 0.29) is 23.8 Å². The van der Waals surface area contributed by atoms with Crippen molar-refractivity contribution in [3.05, 3.63) is 71.8 Å². The highest BCUT2D eigenvalue weighted by Gasteiger charge is 2.27. The van der Waals surface area contributed by atoms with Crippen LogP contribution in [0.25, 0.3) is 0 Å². The number of rotatable bonds is 9. The van der Waals surface area contributed by atoms with Gasteiger partial charge in [-0.1, -0.05) is 81.4 Å². The summed E-state index contributed by atoms with van der Waals surface area (Å²) in [5.41, 5.74) is 1.54. The minimum atomic E-state index is -0.801. The Kier molecular flexibility index (Phi) is 10.3. The van der Waals surface area contributed by atoms with Gasteiger partial charge in [0.05, 0.1) is 12.7 Å². The number of amidine groups is 1. The molecule has 7 nitrogen and oxygen atoms in total. The predicted octanol–water partition coefficient (Wildman–Crippen LogP) is 4.63. The normalized spacial score (nSPS) is 13.3. The Labute approximate surface area is 202 Å². The van der Waals surface area contributed by atoms with Gasteiger partial charge in [0.25, 0.3) is 0 Å². The number of benzene rings is 2. The molecule has 0 heterocycles. The van der Waals surface area contributed by atoms with Crippen LogP contribution in [0.15, 0.2) is 65.7 Å². The van der Waals surface area contributed by atoms with Crippen LogP contribution in [-0.2, 0) is 16.0 Å². The summed E-state index contributed by atoms with van der Waals surface area (Å²) in [6, 6.07) is 19.7. The number of nitrogens with zero attached hydrogens (tertiary/aromatic N) is 2. The number of nitrogens with one attached hydrogen (secondary N) is 2. The first kappa shape index (κ1) is 26.6. The smallest absolute Gasteiger partial charge is 0.412 e. The number of alkyl carbamates (subject to hydrolysis) is 1. The average Bonchev–Trinajstić information content (AvgIpc) is 2.81. The van der Waals surface area contributed by atoms with Gasteiger partial charge in [-0.15, -0.1) is 0 Å². The molecule has 0 bridgehead atoms. The molecule has 7 heteroatoms. The number of aryl methyl sites for hydroxylation is 1. The molecule has 0 aliphatic carbocycles. The molecule has 2 aromatic rings. The second-order valence-corrected chi connectivity index (χ2v) is 9.18. The van der Waals surface area contributed by atoms with Crippen LogP contribution in [0, 0.1) is 16.7 Å². The number of aliphatic imine (C=N–C) groups is 1. The van der Waals surface area contributed by atoms with Gasteiger partial charge in [-0.25, -0.2) is 4.79 Å². The van der Waals surface area contributed by atoms with E-state index in [1.54, 1.807) is 19.1 Å². The maximum atomic E-state index is 13.3. The topological polar surface area (TPSA) is 104 Å². The van der Waals surface area contributed by atoms with E-state index in [1.165, 1.54) is 0 Å². The summed E-state index contributed by atoms with van der Waals surface area (Å²) in [4.78, 5) is 30.1. The van der Waals surface area contributed by atoms with E-state index in [9.17, 15) is 14.9 Å². The van der Waals surface area contributed by atoms with E-state index in [0.717, 1.165) is 5.56 Å². The quantitative estimate of drug-likeness (QED) is 0.419. The van der Waals surface area contributed by atoms with Crippen LogP contribution >= 0.6 is 0 Å². The van der Waals surface area contributed by atoms with E-state index >= 15 is 0 Å². The van der Waals surface area contributed by atoms with Crippen molar-refractivity contribution >= 4 is 17.8 Å². The lowest BCUT2D eigenvalue weighted by Crippen LogP contribution is -2.43. The third-order valence-corrected chi connectivity index (χ3v) is 4.97. The molecule has 0 saturated heterocycles. The van der Waals surface area contributed by atoms with Gasteiger partial charge >= 0.3 is 6.09 Å². The van der Waals surface area contributed by atoms with E-state index in [4.69, 9.17) is 4.74 Å². The zero-order valence-electron chi connectivity index (χ0n) is 20.4. The molecule has 34 heavy (non-hydrogen) atoms. The van der Waals surface area contributed by atoms with Crippen molar-refractivity contribution in [1.29, 1.82) is 5.26 Å². The third-order valence-electron chi connectivity index (χ3n) is 4.97. The summed E-state index contributed by atoms with van der Waals surface area (Å²) < 4.78 is 5.02. The summed E-state index contributed by atoms with van der Waals surface area (Å²) in [5, 5.41) is 15.1. The van der Waals surface area contributed by atoms with Gasteiger partial charge in [0.2, 0.25) is 5.91 Å². The Morgan fingerprint density at radius 3 is 2.24 bits per heavy atom. The minimum Gasteiger partial charge on any atom is -0.450 e. The van der Waals surface area contributed by atoms with E-state index in [0.29, 0.717) is 24.8 Å². The van der Waals surface area contributed by atoms with Crippen LogP contribution in [0.2, 0.25) is 0 Å². The molecule has 2 N–H and O–H groups in total. The summed E-state index contributed by atoms with van der Waals surface area (Å²) >= 11 is 0. The third kappa shape index (κ3) is 9.45. The molecule has 2 amide bonds. The van der Waals surface area contributed by atoms with Gasteiger partial charge in [0.1, 0.15) is 17.9 Å². The Balaban J connectivity index is 2.26. The minimum absolute atomic E-state index is 0.213. The number of hydrogen-bond donors (Lipinski definition) is 2. The molecule has 0 saturated carbocycles. The highest BCUT2D eigenvalue weighted by atomic mass is 16.5. The second-order valence-electron chi connectivity index (χ2n) is 9.18. The monoisotopic (exact) mass is 462 g/mol. The Morgan fingerprint density at radius 2 is 1.68 bits per heavy atom. The molecule has 0 fully saturated rings. The van der Waals surface area contributed by atoms with Crippen LogP contribution in [-0.4, -0.2) is 36.5 Å². The molecular formula is C27H34N4O3. The largest absolute Gasteiger partial charge is 0.450 e. The first-order valence-corrected chi connectivity index (χ1v) is 11.5. The molecular weight excluding hydrogens is 428 g/mol. The van der Waals surface area contributed by atoms with Crippen LogP contribution in [0.1, 0.15) is 51.7 Å². The van der Waals surface area contributed by atoms with Gasteiger partial charge in [0.15, 0.2) is 0 Å². The van der Waals surface area contributed by atoms with E-state index in [2.05, 4.69) is 21.7 Å². The van der Waals surface area contributed by atoms with E-state index < -0.39 is 18.2 Å². The molecule has 0 aliphatic rings. The summed E-state index contributed by atoms with van der Waals surface area (Å²) in [6.07, 6.45) is 0.950. The lowest BCUT2D eigenvalue weighted by Gasteiger charge is -2.25. The lowest BCUT2D eigenvalue weighted by molar-refractivity contribution is -0.123. The number of nitriles is 1. The first-order chi connectivity index (χ1) is 16.2. The summed E-state index contributed by atoms with van der Waals surface area (Å²) in [5.74, 6) is -0.102. The van der Waals surface area contributed by atoms with Crippen molar-refractivity contribution < 1.29 is 14.3 Å². The Hall–Kier alpha value is -3.66. The highest BCUT2D eigenvalue weighted by Crippen LogP contribution is 2.23. The molecule has 180 valence electrons. The fourth-order valence-electron chi connectivity index (χ4n) is 3.36. The van der Waals surface area contributed by atoms with Crippen molar-refractivity contribution in [2.75, 3.05) is 6.61 Å². The van der Waals surface area contributed by atoms with Crippen LogP contribution in [0.3, 0.4) is 0 Å². The first-order valence-electron chi connectivity index (χ1n) is 11.5. The number of amides is 2. The molecule has 0 aromatic heterocycles. The standard InChI is InChI=1S/C27H34N4O3/c1-5-34-26(33)31-24(21-14-10-7-11-15-21)30-23(18-27(2,3)4)25(32)29-22(19-28)17-16-20-12-8-6-9-13-20/h6-15,22-23H,5,16-18H2,1-4H3,(H,29,32)(H,30,31,33)/t22-,23-/m0/s1. The maximum absolute atomic E-state index is 13.3. The number of ether oxygens (including phenoxy) is 1. The number of hydrogen-bond acceptors (Lipinski definition) is 5. The maximum Gasteiger partial charge on any atom is 0.412 e. The lowest BCUT2D eigenvalue weighted by atomic mass is 9.87. The molecule has 0 aliphatic heterocycles. The van der Waals surface area contributed by atoms with Gasteiger partial charge in [0, 0.05) is 5.56 Å². The van der Waals surface area contributed by atoms with Gasteiger partial charge in [-0.2, -0.15) is 5.26 Å². The summed E-state index contributed by atoms with van der Waals surface area (Å²) in [7, 11) is 0. The fourth-order valence-corrected chi connectivity index (χ4v) is 3.36. The molecule has 2 atom stereocenters. The van der Waals surface area contributed by atoms with E-state index in [1.807, 2.05) is 69.3 Å². The molecule has 2 aromatic carbocycles. The molecule has 0 unspecified atom stereocenters. The molecule has 2 rings (SSSR count). The zero-order chi connectivity index (χ0) is 25.0. The van der Waals surface area contributed by atoms with Crippen molar-refractivity contribution in [2.45, 2.75) is 59.0 Å². The molecule has 0 radical (unpaired) electrons. The van der Waals surface area contributed by atoms with Crippen LogP contribution in [0.5, 0.6) is 0 Å². The summed E-state index contributed by atoms with van der Waals surface area (Å²) in [6.45, 7) is 7.97. The van der Waals surface area contributed by atoms with Crippen LogP contribution in [0.4, 0.5) is 4.79 Å². The van der Waals surface area contributed by atoms with Crippen molar-refractivity contribution in [2.24, 2.45) is 10.4 Å². The SMILES string of the molecule is CCOC(=O)NC(=N[C@@H](CC(C)(C)C)C(=O)N[C@H](C#N)CCc1ccccc1)c1ccccc1. The Bertz CT molecular complexity index is 992. The van der Waals surface area contributed by atoms with Crippen molar-refractivity contribution in [3.63, 3.8) is 0 Å². The number of carbonyl (C=O) groups is 2. The van der Waals surface area contributed by atoms with Crippen molar-refractivity contribution in [3.8, 4) is 6.07 Å². The van der Waals surface area contributed by atoms with Crippen molar-refractivity contribution in [1.82, 2.24) is 10.6 Å². The van der Waals surface area contributed by atoms with Crippen LogP contribution < -0.4 is 10.6 Å². The highest BCUT2D eigenvalue weighted by molar-refractivity contribution is 6.07.